The Morgan fingerprint density at radius 3 is 2.57 bits per heavy atom. The van der Waals surface area contributed by atoms with Gasteiger partial charge in [-0.05, 0) is 31.0 Å². The SMILES string of the molecule is CC(C)C1CN(c2ccc(Cl)cc2C(F)(F)F)C(C)CN1. The van der Waals surface area contributed by atoms with E-state index in [-0.39, 0.29) is 22.8 Å². The summed E-state index contributed by atoms with van der Waals surface area (Å²) >= 11 is 5.75. The zero-order valence-corrected chi connectivity index (χ0v) is 13.1. The molecule has 1 N–H and O–H groups in total. The topological polar surface area (TPSA) is 15.3 Å². The van der Waals surface area contributed by atoms with Crippen molar-refractivity contribution in [2.24, 2.45) is 5.92 Å². The van der Waals surface area contributed by atoms with E-state index >= 15 is 0 Å². The van der Waals surface area contributed by atoms with Crippen molar-refractivity contribution < 1.29 is 13.2 Å². The van der Waals surface area contributed by atoms with Crippen LogP contribution in [0.1, 0.15) is 26.3 Å². The second-order valence-corrected chi connectivity index (χ2v) is 6.36. The van der Waals surface area contributed by atoms with Gasteiger partial charge in [-0.15, -0.1) is 0 Å². The molecule has 1 aliphatic heterocycles. The molecule has 1 aromatic rings. The Morgan fingerprint density at radius 1 is 1.33 bits per heavy atom. The maximum Gasteiger partial charge on any atom is 0.418 e. The lowest BCUT2D eigenvalue weighted by Crippen LogP contribution is -2.57. The fourth-order valence-corrected chi connectivity index (χ4v) is 2.83. The first-order valence-electron chi connectivity index (χ1n) is 7.07. The number of halogens is 4. The maximum atomic E-state index is 13.3. The van der Waals surface area contributed by atoms with E-state index in [2.05, 4.69) is 19.2 Å². The van der Waals surface area contributed by atoms with Gasteiger partial charge in [-0.25, -0.2) is 0 Å². The highest BCUT2D eigenvalue weighted by Crippen LogP contribution is 2.39. The van der Waals surface area contributed by atoms with Crippen LogP contribution in [0.15, 0.2) is 18.2 Å². The minimum atomic E-state index is -4.40. The van der Waals surface area contributed by atoms with E-state index < -0.39 is 11.7 Å². The first-order valence-corrected chi connectivity index (χ1v) is 7.44. The lowest BCUT2D eigenvalue weighted by molar-refractivity contribution is -0.137. The van der Waals surface area contributed by atoms with Crippen molar-refractivity contribution in [2.75, 3.05) is 18.0 Å². The molecule has 1 fully saturated rings. The quantitative estimate of drug-likeness (QED) is 0.879. The van der Waals surface area contributed by atoms with Crippen LogP contribution in [0.25, 0.3) is 0 Å². The van der Waals surface area contributed by atoms with Gasteiger partial charge in [0.15, 0.2) is 0 Å². The fraction of sp³-hybridized carbons (Fsp3) is 0.600. The highest BCUT2D eigenvalue weighted by Gasteiger charge is 2.37. The third-order valence-electron chi connectivity index (χ3n) is 3.98. The van der Waals surface area contributed by atoms with Gasteiger partial charge < -0.3 is 10.2 Å². The van der Waals surface area contributed by atoms with E-state index in [1.165, 1.54) is 12.1 Å². The lowest BCUT2D eigenvalue weighted by Gasteiger charge is -2.42. The maximum absolute atomic E-state index is 13.3. The van der Waals surface area contributed by atoms with Gasteiger partial charge in [-0.1, -0.05) is 25.4 Å². The Labute approximate surface area is 128 Å². The third-order valence-corrected chi connectivity index (χ3v) is 4.21. The molecule has 0 radical (unpaired) electrons. The van der Waals surface area contributed by atoms with Crippen molar-refractivity contribution in [1.29, 1.82) is 0 Å². The summed E-state index contributed by atoms with van der Waals surface area (Å²) in [6.07, 6.45) is -4.40. The first kappa shape index (κ1) is 16.4. The predicted octanol–water partition coefficient (Wildman–Crippen LogP) is 4.18. The smallest absolute Gasteiger partial charge is 0.365 e. The van der Waals surface area contributed by atoms with Crippen LogP contribution < -0.4 is 10.2 Å². The predicted molar refractivity (Wildman–Crippen MR) is 79.9 cm³/mol. The summed E-state index contributed by atoms with van der Waals surface area (Å²) in [6, 6.07) is 4.19. The molecule has 0 saturated carbocycles. The summed E-state index contributed by atoms with van der Waals surface area (Å²) in [7, 11) is 0. The van der Waals surface area contributed by atoms with Crippen molar-refractivity contribution in [2.45, 2.75) is 39.0 Å². The fourth-order valence-electron chi connectivity index (χ4n) is 2.66. The van der Waals surface area contributed by atoms with Crippen LogP contribution in [0.5, 0.6) is 0 Å². The van der Waals surface area contributed by atoms with Gasteiger partial charge in [-0.2, -0.15) is 13.2 Å². The Kier molecular flexibility index (Phi) is 4.73. The molecule has 21 heavy (non-hydrogen) atoms. The van der Waals surface area contributed by atoms with Crippen molar-refractivity contribution >= 4 is 17.3 Å². The Hall–Kier alpha value is -0.940. The van der Waals surface area contributed by atoms with E-state index in [1.54, 1.807) is 0 Å². The summed E-state index contributed by atoms with van der Waals surface area (Å²) in [6.45, 7) is 7.29. The average Bonchev–Trinajstić information content (AvgIpc) is 2.38. The molecule has 2 nitrogen and oxygen atoms in total. The van der Waals surface area contributed by atoms with E-state index in [4.69, 9.17) is 11.6 Å². The molecule has 2 unspecified atom stereocenters. The van der Waals surface area contributed by atoms with Crippen LogP contribution in [-0.2, 0) is 6.18 Å². The van der Waals surface area contributed by atoms with Gasteiger partial charge in [0.05, 0.1) is 5.56 Å². The van der Waals surface area contributed by atoms with Crippen LogP contribution >= 0.6 is 11.6 Å². The Bertz CT molecular complexity index is 502. The molecule has 2 rings (SSSR count). The number of hydrogen-bond donors (Lipinski definition) is 1. The zero-order chi connectivity index (χ0) is 15.8. The van der Waals surface area contributed by atoms with Crippen LogP contribution in [0.3, 0.4) is 0 Å². The molecule has 0 aliphatic carbocycles. The second kappa shape index (κ2) is 6.05. The minimum absolute atomic E-state index is 0.00211. The standard InChI is InChI=1S/C15H20ClF3N2/c1-9(2)13-8-21(10(3)7-20-13)14-5-4-11(16)6-12(14)15(17,18)19/h4-6,9-10,13,20H,7-8H2,1-3H3. The van der Waals surface area contributed by atoms with Crippen LogP contribution in [0.4, 0.5) is 18.9 Å². The van der Waals surface area contributed by atoms with Crippen LogP contribution in [0, 0.1) is 5.92 Å². The molecule has 0 bridgehead atoms. The molecule has 2 atom stereocenters. The molecule has 0 aromatic heterocycles. The highest BCUT2D eigenvalue weighted by atomic mass is 35.5. The number of nitrogens with zero attached hydrogens (tertiary/aromatic N) is 1. The number of alkyl halides is 3. The summed E-state index contributed by atoms with van der Waals surface area (Å²) in [5, 5.41) is 3.49. The van der Waals surface area contributed by atoms with Gasteiger partial charge in [0.1, 0.15) is 0 Å². The van der Waals surface area contributed by atoms with Gasteiger partial charge in [0.2, 0.25) is 0 Å². The summed E-state index contributed by atoms with van der Waals surface area (Å²) < 4.78 is 39.8. The van der Waals surface area contributed by atoms with Crippen molar-refractivity contribution in [1.82, 2.24) is 5.32 Å². The zero-order valence-electron chi connectivity index (χ0n) is 12.3. The molecular formula is C15H20ClF3N2. The Balaban J connectivity index is 2.40. The van der Waals surface area contributed by atoms with Gasteiger partial charge in [-0.3, -0.25) is 0 Å². The second-order valence-electron chi connectivity index (χ2n) is 5.92. The summed E-state index contributed by atoms with van der Waals surface area (Å²) in [4.78, 5) is 1.83. The largest absolute Gasteiger partial charge is 0.418 e. The Morgan fingerprint density at radius 2 is 2.00 bits per heavy atom. The molecule has 0 amide bonds. The van der Waals surface area contributed by atoms with Gasteiger partial charge >= 0.3 is 6.18 Å². The van der Waals surface area contributed by atoms with Crippen molar-refractivity contribution in [3.05, 3.63) is 28.8 Å². The van der Waals surface area contributed by atoms with Crippen LogP contribution in [0.2, 0.25) is 5.02 Å². The van der Waals surface area contributed by atoms with E-state index in [0.717, 1.165) is 6.07 Å². The highest BCUT2D eigenvalue weighted by molar-refractivity contribution is 6.30. The van der Waals surface area contributed by atoms with E-state index in [1.807, 2.05) is 11.8 Å². The molecule has 1 aromatic carbocycles. The number of rotatable bonds is 2. The number of hydrogen-bond acceptors (Lipinski definition) is 2. The summed E-state index contributed by atoms with van der Waals surface area (Å²) in [5.41, 5.74) is -0.446. The van der Waals surface area contributed by atoms with E-state index in [0.29, 0.717) is 19.0 Å². The molecule has 1 aliphatic rings. The normalized spacial score (nSPS) is 23.7. The molecule has 6 heteroatoms. The monoisotopic (exact) mass is 320 g/mol. The van der Waals surface area contributed by atoms with E-state index in [9.17, 15) is 13.2 Å². The number of anilines is 1. The van der Waals surface area contributed by atoms with Gasteiger partial charge in [0.25, 0.3) is 0 Å². The molecular weight excluding hydrogens is 301 g/mol. The number of piperazine rings is 1. The van der Waals surface area contributed by atoms with Crippen molar-refractivity contribution in [3.63, 3.8) is 0 Å². The lowest BCUT2D eigenvalue weighted by atomic mass is 9.98. The van der Waals surface area contributed by atoms with Gasteiger partial charge in [0, 0.05) is 35.9 Å². The summed E-state index contributed by atoms with van der Waals surface area (Å²) in [5.74, 6) is 0.363. The third kappa shape index (κ3) is 3.64. The van der Waals surface area contributed by atoms with Crippen molar-refractivity contribution in [3.8, 4) is 0 Å². The van der Waals surface area contributed by atoms with Crippen LogP contribution in [-0.4, -0.2) is 25.2 Å². The molecule has 1 saturated heterocycles. The molecule has 0 spiro atoms. The number of nitrogens with one attached hydrogen (secondary N) is 1. The first-order chi connectivity index (χ1) is 9.70. The average molecular weight is 321 g/mol. The number of benzene rings is 1. The molecule has 1 heterocycles. The molecule has 118 valence electrons. The minimum Gasteiger partial charge on any atom is -0.365 e.